The number of aromatic nitrogens is 2. The van der Waals surface area contributed by atoms with Crippen molar-refractivity contribution in [3.8, 4) is 0 Å². The van der Waals surface area contributed by atoms with Gasteiger partial charge in [-0.15, -0.1) is 0 Å². The van der Waals surface area contributed by atoms with E-state index in [4.69, 9.17) is 5.73 Å². The van der Waals surface area contributed by atoms with Gasteiger partial charge in [0.25, 0.3) is 5.56 Å². The van der Waals surface area contributed by atoms with Gasteiger partial charge >= 0.3 is 0 Å². The highest BCUT2D eigenvalue weighted by molar-refractivity contribution is 7.99. The van der Waals surface area contributed by atoms with Crippen molar-refractivity contribution in [1.29, 1.82) is 0 Å². The molecule has 1 aromatic heterocycles. The van der Waals surface area contributed by atoms with Crippen LogP contribution in [-0.4, -0.2) is 21.6 Å². The van der Waals surface area contributed by atoms with Crippen LogP contribution in [0.4, 0.5) is 0 Å². The molecule has 0 aliphatic carbocycles. The summed E-state index contributed by atoms with van der Waals surface area (Å²) in [5, 5.41) is 0.508. The fourth-order valence-electron chi connectivity index (χ4n) is 0.674. The van der Waals surface area contributed by atoms with Gasteiger partial charge < -0.3 is 10.7 Å². The second kappa shape index (κ2) is 4.66. The first kappa shape index (κ1) is 9.79. The predicted molar refractivity (Wildman–Crippen MR) is 49.4 cm³/mol. The lowest BCUT2D eigenvalue weighted by Gasteiger charge is -1.96. The molecule has 6 heteroatoms. The third-order valence-corrected chi connectivity index (χ3v) is 2.12. The molecular formula is C7H9N3O2S. The summed E-state index contributed by atoms with van der Waals surface area (Å²) < 4.78 is 0. The minimum absolute atomic E-state index is 0.198. The summed E-state index contributed by atoms with van der Waals surface area (Å²) in [6.07, 6.45) is 1.70. The molecule has 0 saturated carbocycles. The molecule has 70 valence electrons. The molecule has 1 amide bonds. The van der Waals surface area contributed by atoms with Crippen molar-refractivity contribution in [1.82, 2.24) is 9.97 Å². The van der Waals surface area contributed by atoms with E-state index < -0.39 is 0 Å². The van der Waals surface area contributed by atoms with Crippen LogP contribution >= 0.6 is 11.8 Å². The van der Waals surface area contributed by atoms with Crippen LogP contribution in [0, 0.1) is 0 Å². The predicted octanol–water partition coefficient (Wildman–Crippen LogP) is -0.263. The maximum Gasteiger partial charge on any atom is 0.251 e. The summed E-state index contributed by atoms with van der Waals surface area (Å²) >= 11 is 1.30. The number of carbonyl (C=O) groups is 1. The number of hydrogen-bond donors (Lipinski definition) is 2. The maximum atomic E-state index is 10.8. The van der Waals surface area contributed by atoms with Crippen molar-refractivity contribution >= 4 is 17.7 Å². The number of rotatable bonds is 4. The van der Waals surface area contributed by atoms with Gasteiger partial charge in [0.2, 0.25) is 5.91 Å². The van der Waals surface area contributed by atoms with Gasteiger partial charge in [0.1, 0.15) is 0 Å². The zero-order valence-corrected chi connectivity index (χ0v) is 7.63. The molecule has 0 unspecified atom stereocenters. The van der Waals surface area contributed by atoms with E-state index in [1.165, 1.54) is 24.0 Å². The Kier molecular flexibility index (Phi) is 3.51. The van der Waals surface area contributed by atoms with Crippen LogP contribution in [-0.2, 0) is 4.79 Å². The van der Waals surface area contributed by atoms with E-state index in [1.54, 1.807) is 0 Å². The molecule has 0 spiro atoms. The number of nitrogens with one attached hydrogen (secondary N) is 1. The maximum absolute atomic E-state index is 10.8. The summed E-state index contributed by atoms with van der Waals surface area (Å²) in [6.45, 7) is 0. The van der Waals surface area contributed by atoms with Crippen molar-refractivity contribution in [3.63, 3.8) is 0 Å². The molecule has 1 rings (SSSR count). The summed E-state index contributed by atoms with van der Waals surface area (Å²) in [4.78, 5) is 27.6. The Balaban J connectivity index is 2.45. The second-order valence-corrected chi connectivity index (χ2v) is 3.39. The molecule has 0 bridgehead atoms. The quantitative estimate of drug-likeness (QED) is 0.516. The first-order valence-corrected chi connectivity index (χ1v) is 4.63. The minimum atomic E-state index is -0.356. The Bertz CT molecular complexity index is 350. The smallest absolute Gasteiger partial charge is 0.251 e. The van der Waals surface area contributed by atoms with Crippen LogP contribution in [0.1, 0.15) is 6.42 Å². The number of H-pyrrole nitrogens is 1. The molecule has 13 heavy (non-hydrogen) atoms. The monoisotopic (exact) mass is 199 g/mol. The summed E-state index contributed by atoms with van der Waals surface area (Å²) in [5.41, 5.74) is 4.74. The highest BCUT2D eigenvalue weighted by atomic mass is 32.2. The third-order valence-electron chi connectivity index (χ3n) is 1.24. The fourth-order valence-corrected chi connectivity index (χ4v) is 1.48. The lowest BCUT2D eigenvalue weighted by Crippen LogP contribution is -2.11. The topological polar surface area (TPSA) is 88.8 Å². The largest absolute Gasteiger partial charge is 0.370 e. The molecule has 0 atom stereocenters. The Labute approximate surface area is 78.8 Å². The van der Waals surface area contributed by atoms with E-state index >= 15 is 0 Å². The molecule has 0 aliphatic rings. The third kappa shape index (κ3) is 3.75. The van der Waals surface area contributed by atoms with Crippen molar-refractivity contribution in [2.24, 2.45) is 5.73 Å². The van der Waals surface area contributed by atoms with Gasteiger partial charge in [-0.1, -0.05) is 11.8 Å². The van der Waals surface area contributed by atoms with E-state index in [0.717, 1.165) is 0 Å². The number of carbonyl (C=O) groups excluding carboxylic acids is 1. The van der Waals surface area contributed by atoms with E-state index in [1.807, 2.05) is 0 Å². The van der Waals surface area contributed by atoms with Gasteiger partial charge in [0, 0.05) is 24.4 Å². The number of aromatic amines is 1. The van der Waals surface area contributed by atoms with Crippen LogP contribution in [0.25, 0.3) is 0 Å². The number of hydrogen-bond acceptors (Lipinski definition) is 4. The van der Waals surface area contributed by atoms with E-state index in [9.17, 15) is 9.59 Å². The molecule has 0 saturated heterocycles. The van der Waals surface area contributed by atoms with Crippen LogP contribution in [0.2, 0.25) is 0 Å². The van der Waals surface area contributed by atoms with Gasteiger partial charge in [-0.2, -0.15) is 0 Å². The Morgan fingerprint density at radius 1 is 1.69 bits per heavy atom. The van der Waals surface area contributed by atoms with Crippen molar-refractivity contribution in [2.45, 2.75) is 11.6 Å². The highest BCUT2D eigenvalue weighted by Crippen LogP contribution is 2.10. The lowest BCUT2D eigenvalue weighted by molar-refractivity contribution is -0.117. The standard InChI is InChI=1S/C7H9N3O2S/c8-5(11)2-4-13-7-9-3-1-6(12)10-7/h1,3H,2,4H2,(H2,8,11)(H,9,10,12). The van der Waals surface area contributed by atoms with E-state index in [2.05, 4.69) is 9.97 Å². The molecule has 1 aromatic rings. The van der Waals surface area contributed by atoms with Crippen LogP contribution in [0.5, 0.6) is 0 Å². The molecule has 0 radical (unpaired) electrons. The fraction of sp³-hybridized carbons (Fsp3) is 0.286. The number of nitrogens with two attached hydrogens (primary N) is 1. The first-order valence-electron chi connectivity index (χ1n) is 3.65. The second-order valence-electron chi connectivity index (χ2n) is 2.30. The van der Waals surface area contributed by atoms with Crippen molar-refractivity contribution in [3.05, 3.63) is 22.6 Å². The normalized spacial score (nSPS) is 9.85. The molecule has 0 aliphatic heterocycles. The summed E-state index contributed by atoms with van der Waals surface area (Å²) in [5.74, 6) is 0.174. The number of thioether (sulfide) groups is 1. The number of nitrogens with zero attached hydrogens (tertiary/aromatic N) is 1. The van der Waals surface area contributed by atoms with Crippen LogP contribution in [0.3, 0.4) is 0 Å². The van der Waals surface area contributed by atoms with E-state index in [-0.39, 0.29) is 17.9 Å². The Morgan fingerprint density at radius 3 is 3.08 bits per heavy atom. The number of primary amides is 1. The van der Waals surface area contributed by atoms with Crippen LogP contribution < -0.4 is 11.3 Å². The number of amides is 1. The van der Waals surface area contributed by atoms with Gasteiger partial charge in [0.05, 0.1) is 0 Å². The highest BCUT2D eigenvalue weighted by Gasteiger charge is 1.98. The summed E-state index contributed by atoms with van der Waals surface area (Å²) in [6, 6.07) is 1.33. The zero-order valence-electron chi connectivity index (χ0n) is 6.82. The zero-order chi connectivity index (χ0) is 9.68. The lowest BCUT2D eigenvalue weighted by atomic mass is 10.5. The average Bonchev–Trinajstić information content (AvgIpc) is 2.03. The minimum Gasteiger partial charge on any atom is -0.370 e. The van der Waals surface area contributed by atoms with Gasteiger partial charge in [0.15, 0.2) is 5.16 Å². The van der Waals surface area contributed by atoms with E-state index in [0.29, 0.717) is 10.9 Å². The Morgan fingerprint density at radius 2 is 2.46 bits per heavy atom. The molecule has 0 fully saturated rings. The van der Waals surface area contributed by atoms with Crippen LogP contribution in [0.15, 0.2) is 22.2 Å². The van der Waals surface area contributed by atoms with Crippen molar-refractivity contribution in [2.75, 3.05) is 5.75 Å². The van der Waals surface area contributed by atoms with Gasteiger partial charge in [-0.25, -0.2) is 4.98 Å². The first-order chi connectivity index (χ1) is 6.18. The molecule has 1 heterocycles. The average molecular weight is 199 g/mol. The molecule has 5 nitrogen and oxygen atoms in total. The van der Waals surface area contributed by atoms with Gasteiger partial charge in [-0.3, -0.25) is 9.59 Å². The molecular weight excluding hydrogens is 190 g/mol. The molecule has 0 aromatic carbocycles. The van der Waals surface area contributed by atoms with Gasteiger partial charge in [-0.05, 0) is 0 Å². The molecule has 3 N–H and O–H groups in total. The SMILES string of the molecule is NC(=O)CCSc1nccc(=O)[nH]1. The summed E-state index contributed by atoms with van der Waals surface area (Å²) in [7, 11) is 0. The Hall–Kier alpha value is -1.30. The van der Waals surface area contributed by atoms with Crippen molar-refractivity contribution < 1.29 is 4.79 Å².